The highest BCUT2D eigenvalue weighted by atomic mass is 19.1. The molecule has 1 N–H and O–H groups in total. The quantitative estimate of drug-likeness (QED) is 0.353. The van der Waals surface area contributed by atoms with E-state index in [2.05, 4.69) is 9.88 Å². The number of imidazole rings is 1. The zero-order valence-electron chi connectivity index (χ0n) is 19.4. The number of hydrogen-bond donors (Lipinski definition) is 1. The first kappa shape index (κ1) is 23.4. The number of benzene rings is 3. The number of nitrogens with one attached hydrogen (secondary N) is 1. The van der Waals surface area contributed by atoms with E-state index in [1.54, 1.807) is 34.9 Å². The number of halogens is 3. The van der Waals surface area contributed by atoms with Crippen molar-refractivity contribution in [3.63, 3.8) is 0 Å². The minimum Gasteiger partial charge on any atom is -0.306 e. The molecule has 0 saturated carbocycles. The van der Waals surface area contributed by atoms with Gasteiger partial charge in [0.15, 0.2) is 0 Å². The zero-order chi connectivity index (χ0) is 24.4. The first-order valence-corrected chi connectivity index (χ1v) is 12.1. The molecule has 4 nitrogen and oxygen atoms in total. The Balaban J connectivity index is 1.21. The number of fused-ring (bicyclic) bond motifs is 1. The zero-order valence-corrected chi connectivity index (χ0v) is 19.4. The fourth-order valence-electron chi connectivity index (χ4n) is 5.29. The lowest BCUT2D eigenvalue weighted by atomic mass is 9.87. The van der Waals surface area contributed by atoms with Gasteiger partial charge in [0.1, 0.15) is 17.5 Å². The van der Waals surface area contributed by atoms with E-state index >= 15 is 0 Å². The molecule has 0 radical (unpaired) electrons. The Morgan fingerprint density at radius 3 is 2.00 bits per heavy atom. The summed E-state index contributed by atoms with van der Waals surface area (Å²) in [7, 11) is 0. The molecule has 0 unspecified atom stereocenters. The highest BCUT2D eigenvalue weighted by Crippen LogP contribution is 2.31. The van der Waals surface area contributed by atoms with Crippen LogP contribution in [0.25, 0.3) is 11.0 Å². The van der Waals surface area contributed by atoms with Gasteiger partial charge in [-0.1, -0.05) is 24.3 Å². The molecule has 1 fully saturated rings. The molecule has 0 amide bonds. The number of rotatable bonds is 7. The molecule has 3 aromatic carbocycles. The molecule has 0 aliphatic carbocycles. The Labute approximate surface area is 202 Å². The van der Waals surface area contributed by atoms with Gasteiger partial charge in [-0.2, -0.15) is 0 Å². The molecular formula is C28H28F3N3O. The van der Waals surface area contributed by atoms with Crippen molar-refractivity contribution in [1.29, 1.82) is 0 Å². The lowest BCUT2D eigenvalue weighted by molar-refractivity contribution is 0.183. The van der Waals surface area contributed by atoms with Crippen molar-refractivity contribution >= 4 is 11.0 Å². The number of likely N-dealkylation sites (tertiary alicyclic amines) is 1. The van der Waals surface area contributed by atoms with Crippen molar-refractivity contribution in [2.45, 2.75) is 37.6 Å². The second kappa shape index (κ2) is 10.1. The summed E-state index contributed by atoms with van der Waals surface area (Å²) in [5.74, 6) is -0.828. The summed E-state index contributed by atoms with van der Waals surface area (Å²) < 4.78 is 42.4. The van der Waals surface area contributed by atoms with Gasteiger partial charge >= 0.3 is 5.69 Å². The topological polar surface area (TPSA) is 41.0 Å². The monoisotopic (exact) mass is 479 g/mol. The van der Waals surface area contributed by atoms with Gasteiger partial charge in [0, 0.05) is 25.0 Å². The van der Waals surface area contributed by atoms with Crippen molar-refractivity contribution in [2.24, 2.45) is 0 Å². The highest BCUT2D eigenvalue weighted by molar-refractivity contribution is 5.75. The lowest BCUT2D eigenvalue weighted by Gasteiger charge is -2.33. The lowest BCUT2D eigenvalue weighted by Crippen LogP contribution is -2.37. The summed E-state index contributed by atoms with van der Waals surface area (Å²) in [4.78, 5) is 17.7. The average Bonchev–Trinajstić information content (AvgIpc) is 3.18. The van der Waals surface area contributed by atoms with E-state index in [-0.39, 0.29) is 35.1 Å². The van der Waals surface area contributed by atoms with E-state index < -0.39 is 0 Å². The van der Waals surface area contributed by atoms with Crippen LogP contribution in [0.2, 0.25) is 0 Å². The second-order valence-electron chi connectivity index (χ2n) is 9.33. The number of H-pyrrole nitrogens is 1. The Morgan fingerprint density at radius 2 is 1.40 bits per heavy atom. The van der Waals surface area contributed by atoms with Crippen LogP contribution in [-0.4, -0.2) is 34.1 Å². The number of nitrogens with zero attached hydrogens (tertiary/aromatic N) is 2. The first-order chi connectivity index (χ1) is 17.0. The van der Waals surface area contributed by atoms with Crippen LogP contribution in [0, 0.1) is 17.5 Å². The third-order valence-corrected chi connectivity index (χ3v) is 7.11. The molecule has 1 aliphatic rings. The molecule has 7 heteroatoms. The number of aromatic amines is 1. The minimum absolute atomic E-state index is 0.0421. The number of aromatic nitrogens is 2. The van der Waals surface area contributed by atoms with Crippen LogP contribution in [0.4, 0.5) is 13.2 Å². The minimum atomic E-state index is -0.348. The van der Waals surface area contributed by atoms with Gasteiger partial charge in [-0.25, -0.2) is 18.0 Å². The molecule has 2 heterocycles. The summed E-state index contributed by atoms with van der Waals surface area (Å²) >= 11 is 0. The normalized spacial score (nSPS) is 15.3. The maximum absolute atomic E-state index is 13.8. The van der Waals surface area contributed by atoms with Gasteiger partial charge in [-0.3, -0.25) is 4.57 Å². The Hall–Kier alpha value is -3.32. The standard InChI is InChI=1S/C28H28F3N3O/c29-21-7-3-19(4-8-21)25(20-5-9-22(30)10-6-20)2-1-15-33-16-13-24(14-17-33)34-27-18-23(31)11-12-26(27)32-28(34)35/h3-12,18,24-25H,1-2,13-17H2,(H,32,35). The number of piperidine rings is 1. The Bertz CT molecular complexity index is 1290. The van der Waals surface area contributed by atoms with Gasteiger partial charge < -0.3 is 9.88 Å². The fraction of sp³-hybridized carbons (Fsp3) is 0.321. The number of hydrogen-bond acceptors (Lipinski definition) is 2. The molecule has 182 valence electrons. The predicted molar refractivity (Wildman–Crippen MR) is 131 cm³/mol. The average molecular weight is 480 g/mol. The molecular weight excluding hydrogens is 451 g/mol. The van der Waals surface area contributed by atoms with Gasteiger partial charge in [-0.15, -0.1) is 0 Å². The van der Waals surface area contributed by atoms with E-state index in [0.29, 0.717) is 11.0 Å². The maximum atomic E-state index is 13.8. The fourth-order valence-corrected chi connectivity index (χ4v) is 5.29. The van der Waals surface area contributed by atoms with Crippen LogP contribution in [-0.2, 0) is 0 Å². The van der Waals surface area contributed by atoms with Gasteiger partial charge in [0.05, 0.1) is 11.0 Å². The third-order valence-electron chi connectivity index (χ3n) is 7.11. The summed E-state index contributed by atoms with van der Waals surface area (Å²) in [6.07, 6.45) is 3.44. The first-order valence-electron chi connectivity index (χ1n) is 12.1. The molecule has 4 aromatic rings. The molecule has 5 rings (SSSR count). The van der Waals surface area contributed by atoms with Gasteiger partial charge in [-0.05, 0) is 85.8 Å². The van der Waals surface area contributed by atoms with Crippen LogP contribution >= 0.6 is 0 Å². The van der Waals surface area contributed by atoms with Crippen molar-refractivity contribution in [3.8, 4) is 0 Å². The Morgan fingerprint density at radius 1 is 0.829 bits per heavy atom. The van der Waals surface area contributed by atoms with E-state index in [1.807, 2.05) is 0 Å². The van der Waals surface area contributed by atoms with Crippen molar-refractivity contribution in [1.82, 2.24) is 14.5 Å². The van der Waals surface area contributed by atoms with Crippen LogP contribution in [0.3, 0.4) is 0 Å². The summed E-state index contributed by atoms with van der Waals surface area (Å²) in [6.45, 7) is 2.62. The highest BCUT2D eigenvalue weighted by Gasteiger charge is 2.24. The molecule has 0 bridgehead atoms. The summed E-state index contributed by atoms with van der Waals surface area (Å²) in [6, 6.07) is 17.5. The van der Waals surface area contributed by atoms with Crippen LogP contribution in [0.1, 0.15) is 48.8 Å². The molecule has 0 atom stereocenters. The smallest absolute Gasteiger partial charge is 0.306 e. The van der Waals surface area contributed by atoms with E-state index in [0.717, 1.165) is 56.4 Å². The summed E-state index contributed by atoms with van der Waals surface area (Å²) in [5, 5.41) is 0. The molecule has 0 spiro atoms. The predicted octanol–water partition coefficient (Wildman–Crippen LogP) is 6.00. The van der Waals surface area contributed by atoms with E-state index in [9.17, 15) is 18.0 Å². The van der Waals surface area contributed by atoms with Crippen molar-refractivity contribution < 1.29 is 13.2 Å². The molecule has 1 aromatic heterocycles. The van der Waals surface area contributed by atoms with Crippen LogP contribution < -0.4 is 5.69 Å². The van der Waals surface area contributed by atoms with Gasteiger partial charge in [0.25, 0.3) is 0 Å². The van der Waals surface area contributed by atoms with Crippen molar-refractivity contribution in [2.75, 3.05) is 19.6 Å². The van der Waals surface area contributed by atoms with Gasteiger partial charge in [0.2, 0.25) is 0 Å². The van der Waals surface area contributed by atoms with Crippen molar-refractivity contribution in [3.05, 3.63) is 106 Å². The molecule has 35 heavy (non-hydrogen) atoms. The second-order valence-corrected chi connectivity index (χ2v) is 9.33. The maximum Gasteiger partial charge on any atom is 0.326 e. The third kappa shape index (κ3) is 5.20. The van der Waals surface area contributed by atoms with E-state index in [4.69, 9.17) is 0 Å². The van der Waals surface area contributed by atoms with Crippen LogP contribution in [0.15, 0.2) is 71.5 Å². The van der Waals surface area contributed by atoms with E-state index in [1.165, 1.54) is 36.4 Å². The summed E-state index contributed by atoms with van der Waals surface area (Å²) in [5.41, 5.74) is 3.12. The molecule has 1 saturated heterocycles. The Kier molecular flexibility index (Phi) is 6.77. The van der Waals surface area contributed by atoms with Crippen LogP contribution in [0.5, 0.6) is 0 Å². The largest absolute Gasteiger partial charge is 0.326 e. The SMILES string of the molecule is O=c1[nH]c2ccc(F)cc2n1C1CCN(CCCC(c2ccc(F)cc2)c2ccc(F)cc2)CC1. The molecule has 1 aliphatic heterocycles.